The van der Waals surface area contributed by atoms with Crippen LogP contribution in [-0.2, 0) is 9.53 Å². The van der Waals surface area contributed by atoms with Crippen molar-refractivity contribution in [3.05, 3.63) is 33.9 Å². The molecule has 0 saturated carbocycles. The van der Waals surface area contributed by atoms with Gasteiger partial charge in [-0.15, -0.1) is 0 Å². The summed E-state index contributed by atoms with van der Waals surface area (Å²) in [5, 5.41) is 14.3. The van der Waals surface area contributed by atoms with Crippen LogP contribution in [0.1, 0.15) is 50.9 Å². The van der Waals surface area contributed by atoms with Gasteiger partial charge in [-0.25, -0.2) is 4.79 Å². The molecule has 1 aromatic rings. The van der Waals surface area contributed by atoms with Crippen molar-refractivity contribution in [1.29, 1.82) is 0 Å². The Morgan fingerprint density at radius 2 is 2.07 bits per heavy atom. The summed E-state index contributed by atoms with van der Waals surface area (Å²) in [5.41, 5.74) is 0.447. The molecule has 1 aliphatic rings. The monoisotopic (exact) mass is 391 g/mol. The number of benzene rings is 1. The van der Waals surface area contributed by atoms with Gasteiger partial charge in [0.25, 0.3) is 11.6 Å². The van der Waals surface area contributed by atoms with E-state index >= 15 is 0 Å². The average Bonchev–Trinajstić information content (AvgIpc) is 2.65. The van der Waals surface area contributed by atoms with Gasteiger partial charge in [-0.05, 0) is 43.7 Å². The lowest BCUT2D eigenvalue weighted by Crippen LogP contribution is -2.38. The van der Waals surface area contributed by atoms with Crippen molar-refractivity contribution in [2.75, 3.05) is 24.6 Å². The van der Waals surface area contributed by atoms with Gasteiger partial charge in [0, 0.05) is 25.2 Å². The molecule has 0 aliphatic carbocycles. The fourth-order valence-corrected chi connectivity index (χ4v) is 3.15. The van der Waals surface area contributed by atoms with E-state index in [2.05, 4.69) is 12.2 Å². The fraction of sp³-hybridized carbons (Fsp3) is 0.600. The number of nitrogens with zero attached hydrogens (tertiary/aromatic N) is 2. The van der Waals surface area contributed by atoms with E-state index in [0.717, 1.165) is 25.9 Å². The van der Waals surface area contributed by atoms with Crippen LogP contribution in [0.5, 0.6) is 0 Å². The topological polar surface area (TPSA) is 102 Å². The Morgan fingerprint density at radius 1 is 1.36 bits per heavy atom. The van der Waals surface area contributed by atoms with E-state index < -0.39 is 23.4 Å². The molecule has 1 N–H and O–H groups in total. The second kappa shape index (κ2) is 9.52. The number of hydrogen-bond acceptors (Lipinski definition) is 6. The molecule has 0 spiro atoms. The normalized spacial score (nSPS) is 17.9. The first-order valence-electron chi connectivity index (χ1n) is 9.69. The van der Waals surface area contributed by atoms with Crippen LogP contribution in [0.4, 0.5) is 11.4 Å². The molecule has 1 aliphatic heterocycles. The summed E-state index contributed by atoms with van der Waals surface area (Å²) in [6.07, 6.45) is 2.08. The number of carbonyl (C=O) groups excluding carboxylic acids is 2. The number of hydrogen-bond donors (Lipinski definition) is 1. The lowest BCUT2D eigenvalue weighted by Gasteiger charge is -2.32. The molecule has 1 heterocycles. The number of nitro benzene ring substituents is 1. The molecule has 2 rings (SSSR count). The quantitative estimate of drug-likeness (QED) is 0.435. The van der Waals surface area contributed by atoms with Gasteiger partial charge in [-0.3, -0.25) is 14.9 Å². The molecule has 8 heteroatoms. The van der Waals surface area contributed by atoms with Crippen molar-refractivity contribution in [2.45, 2.75) is 46.6 Å². The first-order chi connectivity index (χ1) is 13.2. The molecule has 154 valence electrons. The molecule has 1 amide bonds. The van der Waals surface area contributed by atoms with Crippen LogP contribution in [-0.4, -0.2) is 42.5 Å². The van der Waals surface area contributed by atoms with Gasteiger partial charge in [0.2, 0.25) is 0 Å². The van der Waals surface area contributed by atoms with Crippen LogP contribution < -0.4 is 10.2 Å². The summed E-state index contributed by atoms with van der Waals surface area (Å²) in [6, 6.07) is 4.29. The molecule has 0 bridgehead atoms. The number of ether oxygens (including phenoxy) is 1. The van der Waals surface area contributed by atoms with Crippen LogP contribution in [0.2, 0.25) is 0 Å². The van der Waals surface area contributed by atoms with Crippen LogP contribution >= 0.6 is 0 Å². The maximum Gasteiger partial charge on any atom is 0.338 e. The Labute approximate surface area is 165 Å². The van der Waals surface area contributed by atoms with E-state index in [-0.39, 0.29) is 23.2 Å². The highest BCUT2D eigenvalue weighted by Crippen LogP contribution is 2.32. The highest BCUT2D eigenvalue weighted by Gasteiger charge is 2.25. The van der Waals surface area contributed by atoms with Crippen LogP contribution in [0.25, 0.3) is 0 Å². The summed E-state index contributed by atoms with van der Waals surface area (Å²) in [6.45, 7) is 9.02. The molecule has 0 radical (unpaired) electrons. The molecule has 0 aromatic heterocycles. The zero-order chi connectivity index (χ0) is 20.8. The van der Waals surface area contributed by atoms with Crippen molar-refractivity contribution in [3.63, 3.8) is 0 Å². The van der Waals surface area contributed by atoms with Crippen molar-refractivity contribution in [3.8, 4) is 0 Å². The first-order valence-corrected chi connectivity index (χ1v) is 9.69. The summed E-state index contributed by atoms with van der Waals surface area (Å²) in [4.78, 5) is 37.1. The van der Waals surface area contributed by atoms with Gasteiger partial charge >= 0.3 is 5.97 Å². The van der Waals surface area contributed by atoms with Crippen molar-refractivity contribution in [2.24, 2.45) is 11.8 Å². The Balaban J connectivity index is 2.07. The number of nitrogens with one attached hydrogen (secondary N) is 1. The maximum absolute atomic E-state index is 12.2. The molecule has 1 fully saturated rings. The number of carbonyl (C=O) groups is 2. The predicted octanol–water partition coefficient (Wildman–Crippen LogP) is 3.15. The second-order valence-electron chi connectivity index (χ2n) is 7.83. The summed E-state index contributed by atoms with van der Waals surface area (Å²) in [5.74, 6) is -0.436. The largest absolute Gasteiger partial charge is 0.452 e. The van der Waals surface area contributed by atoms with E-state index in [1.54, 1.807) is 6.07 Å². The fourth-order valence-electron chi connectivity index (χ4n) is 3.15. The molecular formula is C20H29N3O5. The average molecular weight is 391 g/mol. The van der Waals surface area contributed by atoms with E-state index in [1.165, 1.54) is 12.1 Å². The SMILES string of the molecule is CC(C)[C@@H](C)NC(=O)COC(=O)c1ccc(N2CCC[C@@H](C)C2)c([N+](=O)[O-])c1. The minimum atomic E-state index is -0.756. The third kappa shape index (κ3) is 5.68. The third-order valence-corrected chi connectivity index (χ3v) is 5.13. The van der Waals surface area contributed by atoms with E-state index in [1.807, 2.05) is 25.7 Å². The van der Waals surface area contributed by atoms with E-state index in [9.17, 15) is 19.7 Å². The van der Waals surface area contributed by atoms with E-state index in [4.69, 9.17) is 4.74 Å². The van der Waals surface area contributed by atoms with Gasteiger partial charge < -0.3 is 15.0 Å². The number of amides is 1. The van der Waals surface area contributed by atoms with Gasteiger partial charge in [0.05, 0.1) is 10.5 Å². The van der Waals surface area contributed by atoms with Crippen molar-refractivity contribution >= 4 is 23.3 Å². The van der Waals surface area contributed by atoms with Crippen LogP contribution in [0.15, 0.2) is 18.2 Å². The van der Waals surface area contributed by atoms with Crippen molar-refractivity contribution in [1.82, 2.24) is 5.32 Å². The predicted molar refractivity (Wildman–Crippen MR) is 106 cm³/mol. The Bertz CT molecular complexity index is 735. The number of rotatable bonds is 7. The lowest BCUT2D eigenvalue weighted by molar-refractivity contribution is -0.384. The third-order valence-electron chi connectivity index (χ3n) is 5.13. The molecule has 0 unspecified atom stereocenters. The summed E-state index contributed by atoms with van der Waals surface area (Å²) >= 11 is 0. The van der Waals surface area contributed by atoms with E-state index in [0.29, 0.717) is 11.6 Å². The van der Waals surface area contributed by atoms with Gasteiger partial charge in [0.15, 0.2) is 6.61 Å². The standard InChI is InChI=1S/C20H29N3O5/c1-13(2)15(4)21-19(24)12-28-20(25)16-7-8-17(18(10-16)23(26)27)22-9-5-6-14(3)11-22/h7-8,10,13-15H,5-6,9,11-12H2,1-4H3,(H,21,24)/t14-,15-/m1/s1. The minimum Gasteiger partial charge on any atom is -0.452 e. The maximum atomic E-state index is 12.2. The molecule has 2 atom stereocenters. The highest BCUT2D eigenvalue weighted by molar-refractivity contribution is 5.93. The number of nitro groups is 1. The zero-order valence-electron chi connectivity index (χ0n) is 16.9. The highest BCUT2D eigenvalue weighted by atomic mass is 16.6. The molecular weight excluding hydrogens is 362 g/mol. The molecule has 1 saturated heterocycles. The van der Waals surface area contributed by atoms with Crippen molar-refractivity contribution < 1.29 is 19.2 Å². The number of piperidine rings is 1. The Morgan fingerprint density at radius 3 is 2.68 bits per heavy atom. The zero-order valence-corrected chi connectivity index (χ0v) is 16.9. The number of esters is 1. The summed E-state index contributed by atoms with van der Waals surface area (Å²) < 4.78 is 5.02. The van der Waals surface area contributed by atoms with Gasteiger partial charge in [0.1, 0.15) is 5.69 Å². The Hall–Kier alpha value is -2.64. The molecule has 8 nitrogen and oxygen atoms in total. The molecule has 1 aromatic carbocycles. The smallest absolute Gasteiger partial charge is 0.338 e. The van der Waals surface area contributed by atoms with Crippen LogP contribution in [0, 0.1) is 22.0 Å². The first kappa shape index (κ1) is 21.7. The van der Waals surface area contributed by atoms with Gasteiger partial charge in [-0.1, -0.05) is 20.8 Å². The lowest BCUT2D eigenvalue weighted by atomic mass is 9.99. The number of anilines is 1. The second-order valence-corrected chi connectivity index (χ2v) is 7.83. The minimum absolute atomic E-state index is 0.0430. The molecule has 28 heavy (non-hydrogen) atoms. The van der Waals surface area contributed by atoms with Gasteiger partial charge in [-0.2, -0.15) is 0 Å². The Kier molecular flexibility index (Phi) is 7.37. The van der Waals surface area contributed by atoms with Crippen LogP contribution in [0.3, 0.4) is 0 Å². The summed E-state index contributed by atoms with van der Waals surface area (Å²) in [7, 11) is 0.